The van der Waals surface area contributed by atoms with Gasteiger partial charge in [0.25, 0.3) is 5.56 Å². The van der Waals surface area contributed by atoms with Crippen molar-refractivity contribution in [2.24, 2.45) is 0 Å². The zero-order valence-electron chi connectivity index (χ0n) is 10.3. The van der Waals surface area contributed by atoms with Crippen molar-refractivity contribution in [1.29, 1.82) is 0 Å². The molecule has 0 saturated heterocycles. The summed E-state index contributed by atoms with van der Waals surface area (Å²) in [7, 11) is 0. The van der Waals surface area contributed by atoms with Gasteiger partial charge in [-0.05, 0) is 6.07 Å². The van der Waals surface area contributed by atoms with E-state index in [0.29, 0.717) is 10.2 Å². The van der Waals surface area contributed by atoms with Gasteiger partial charge in [-0.2, -0.15) is 18.3 Å². The fourth-order valence-electron chi connectivity index (χ4n) is 1.74. The largest absolute Gasteiger partial charge is 0.421 e. The smallest absolute Gasteiger partial charge is 0.394 e. The van der Waals surface area contributed by atoms with Gasteiger partial charge in [0.05, 0.1) is 18.8 Å². The first-order valence-electron chi connectivity index (χ1n) is 5.79. The second-order valence-electron chi connectivity index (χ2n) is 4.06. The number of rotatable bonds is 3. The van der Waals surface area contributed by atoms with E-state index in [1.165, 1.54) is 0 Å². The van der Waals surface area contributed by atoms with Crippen LogP contribution in [0.4, 0.5) is 13.2 Å². The molecule has 1 N–H and O–H groups in total. The number of benzene rings is 1. The van der Waals surface area contributed by atoms with E-state index >= 15 is 0 Å². The maximum absolute atomic E-state index is 12.9. The Hall–Kier alpha value is -2.15. The summed E-state index contributed by atoms with van der Waals surface area (Å²) >= 11 is 0. The van der Waals surface area contributed by atoms with Gasteiger partial charge in [-0.15, -0.1) is 0 Å². The maximum Gasteiger partial charge on any atom is 0.421 e. The Labute approximate surface area is 112 Å². The molecule has 0 fully saturated rings. The molecule has 20 heavy (non-hydrogen) atoms. The Morgan fingerprint density at radius 2 is 1.85 bits per heavy atom. The molecule has 0 radical (unpaired) electrons. The van der Waals surface area contributed by atoms with Crippen molar-refractivity contribution in [2.75, 3.05) is 6.61 Å². The fraction of sp³-hybridized carbons (Fsp3) is 0.231. The van der Waals surface area contributed by atoms with Gasteiger partial charge in [0, 0.05) is 5.56 Å². The van der Waals surface area contributed by atoms with Crippen LogP contribution in [0.15, 0.2) is 41.2 Å². The predicted molar refractivity (Wildman–Crippen MR) is 66.0 cm³/mol. The van der Waals surface area contributed by atoms with Crippen LogP contribution < -0.4 is 5.56 Å². The normalized spacial score (nSPS) is 11.6. The van der Waals surface area contributed by atoms with Crippen LogP contribution in [0.2, 0.25) is 0 Å². The van der Waals surface area contributed by atoms with E-state index in [4.69, 9.17) is 5.11 Å². The van der Waals surface area contributed by atoms with E-state index < -0.39 is 23.9 Å². The Morgan fingerprint density at radius 1 is 1.20 bits per heavy atom. The van der Waals surface area contributed by atoms with Gasteiger partial charge in [0.2, 0.25) is 0 Å². The third-order valence-electron chi connectivity index (χ3n) is 2.66. The van der Waals surface area contributed by atoms with Crippen molar-refractivity contribution in [3.8, 4) is 11.3 Å². The molecule has 7 heteroatoms. The third-order valence-corrected chi connectivity index (χ3v) is 2.66. The first-order valence-corrected chi connectivity index (χ1v) is 5.79. The molecule has 0 aliphatic rings. The molecule has 1 aromatic carbocycles. The second kappa shape index (κ2) is 5.46. The molecule has 2 aromatic rings. The molecule has 0 amide bonds. The minimum Gasteiger partial charge on any atom is -0.394 e. The van der Waals surface area contributed by atoms with Gasteiger partial charge >= 0.3 is 6.18 Å². The minimum absolute atomic E-state index is 0.0333. The van der Waals surface area contributed by atoms with Crippen molar-refractivity contribution < 1.29 is 18.3 Å². The van der Waals surface area contributed by atoms with Crippen LogP contribution in [-0.2, 0) is 12.7 Å². The Balaban J connectivity index is 2.65. The van der Waals surface area contributed by atoms with E-state index in [1.807, 2.05) is 0 Å². The summed E-state index contributed by atoms with van der Waals surface area (Å²) in [5.74, 6) is 0. The molecule has 0 aliphatic carbocycles. The van der Waals surface area contributed by atoms with Crippen molar-refractivity contribution >= 4 is 0 Å². The Kier molecular flexibility index (Phi) is 3.89. The maximum atomic E-state index is 12.9. The molecule has 4 nitrogen and oxygen atoms in total. The lowest BCUT2D eigenvalue weighted by Gasteiger charge is -2.11. The zero-order chi connectivity index (χ0) is 14.8. The zero-order valence-corrected chi connectivity index (χ0v) is 10.3. The van der Waals surface area contributed by atoms with Crippen molar-refractivity contribution in [1.82, 2.24) is 9.78 Å². The molecule has 2 rings (SSSR count). The van der Waals surface area contributed by atoms with E-state index in [-0.39, 0.29) is 12.2 Å². The fourth-order valence-corrected chi connectivity index (χ4v) is 1.74. The van der Waals surface area contributed by atoms with Crippen LogP contribution in [0.5, 0.6) is 0 Å². The van der Waals surface area contributed by atoms with Crippen LogP contribution >= 0.6 is 0 Å². The third kappa shape index (κ3) is 2.88. The summed E-state index contributed by atoms with van der Waals surface area (Å²) in [4.78, 5) is 11.7. The monoisotopic (exact) mass is 284 g/mol. The highest BCUT2D eigenvalue weighted by atomic mass is 19.4. The summed E-state index contributed by atoms with van der Waals surface area (Å²) in [6, 6.07) is 8.95. The molecule has 0 unspecified atom stereocenters. The SMILES string of the molecule is O=c1c(C(F)(F)F)cc(-c2ccccc2)nn1CCO. The number of hydrogen-bond donors (Lipinski definition) is 1. The van der Waals surface area contributed by atoms with E-state index in [9.17, 15) is 18.0 Å². The molecule has 1 aromatic heterocycles. The highest BCUT2D eigenvalue weighted by molar-refractivity contribution is 5.59. The van der Waals surface area contributed by atoms with Gasteiger partial charge in [0.15, 0.2) is 0 Å². The van der Waals surface area contributed by atoms with Crippen LogP contribution in [0.25, 0.3) is 11.3 Å². The highest BCUT2D eigenvalue weighted by Crippen LogP contribution is 2.28. The van der Waals surface area contributed by atoms with Gasteiger partial charge in [-0.1, -0.05) is 30.3 Å². The summed E-state index contributed by atoms with van der Waals surface area (Å²) in [5, 5.41) is 12.7. The summed E-state index contributed by atoms with van der Waals surface area (Å²) in [5.41, 5.74) is -2.05. The Bertz CT molecular complexity index is 651. The van der Waals surface area contributed by atoms with Crippen LogP contribution in [0, 0.1) is 0 Å². The summed E-state index contributed by atoms with van der Waals surface area (Å²) < 4.78 is 39.2. The van der Waals surface area contributed by atoms with E-state index in [2.05, 4.69) is 5.10 Å². The molecular formula is C13H11F3N2O2. The van der Waals surface area contributed by atoms with Crippen LogP contribution in [-0.4, -0.2) is 21.5 Å². The molecule has 0 spiro atoms. The number of aromatic nitrogens is 2. The molecule has 0 atom stereocenters. The van der Waals surface area contributed by atoms with Gasteiger partial charge in [0.1, 0.15) is 5.56 Å². The summed E-state index contributed by atoms with van der Waals surface area (Å²) in [6.07, 6.45) is -4.76. The molecule has 0 aliphatic heterocycles. The molecule has 1 heterocycles. The minimum atomic E-state index is -4.76. The lowest BCUT2D eigenvalue weighted by atomic mass is 10.1. The average molecular weight is 284 g/mol. The second-order valence-corrected chi connectivity index (χ2v) is 4.06. The highest BCUT2D eigenvalue weighted by Gasteiger charge is 2.35. The first kappa shape index (κ1) is 14.3. The first-order chi connectivity index (χ1) is 9.43. The summed E-state index contributed by atoms with van der Waals surface area (Å²) in [6.45, 7) is -0.759. The van der Waals surface area contributed by atoms with Crippen molar-refractivity contribution in [3.63, 3.8) is 0 Å². The lowest BCUT2D eigenvalue weighted by Crippen LogP contribution is -2.31. The average Bonchev–Trinajstić information content (AvgIpc) is 2.41. The molecular weight excluding hydrogens is 273 g/mol. The van der Waals surface area contributed by atoms with Gasteiger partial charge in [-0.3, -0.25) is 4.79 Å². The lowest BCUT2D eigenvalue weighted by molar-refractivity contribution is -0.139. The van der Waals surface area contributed by atoms with E-state index in [0.717, 1.165) is 6.07 Å². The van der Waals surface area contributed by atoms with Gasteiger partial charge < -0.3 is 5.11 Å². The number of alkyl halides is 3. The predicted octanol–water partition coefficient (Wildman–Crippen LogP) is 1.92. The number of aliphatic hydroxyl groups excluding tert-OH is 1. The van der Waals surface area contributed by atoms with Gasteiger partial charge in [-0.25, -0.2) is 4.68 Å². The molecule has 0 saturated carbocycles. The van der Waals surface area contributed by atoms with Crippen LogP contribution in [0.3, 0.4) is 0 Å². The molecule has 0 bridgehead atoms. The van der Waals surface area contributed by atoms with Crippen molar-refractivity contribution in [2.45, 2.75) is 12.7 Å². The van der Waals surface area contributed by atoms with Crippen molar-refractivity contribution in [3.05, 3.63) is 52.3 Å². The number of nitrogens with zero attached hydrogens (tertiary/aromatic N) is 2. The topological polar surface area (TPSA) is 55.1 Å². The number of aliphatic hydroxyl groups is 1. The Morgan fingerprint density at radius 3 is 2.40 bits per heavy atom. The molecule has 106 valence electrons. The standard InChI is InChI=1S/C13H11F3N2O2/c14-13(15,16)10-8-11(9-4-2-1-3-5-9)17-18(6-7-19)12(10)20/h1-5,8,19H,6-7H2. The number of halogens is 3. The van der Waals surface area contributed by atoms with Crippen LogP contribution in [0.1, 0.15) is 5.56 Å². The van der Waals surface area contributed by atoms with E-state index in [1.54, 1.807) is 30.3 Å². The quantitative estimate of drug-likeness (QED) is 0.937. The number of hydrogen-bond acceptors (Lipinski definition) is 3.